The molecule has 0 amide bonds. The normalized spacial score (nSPS) is 15.9. The van der Waals surface area contributed by atoms with Gasteiger partial charge in [0.1, 0.15) is 0 Å². The number of phosphoric ester groups is 1. The molecule has 0 aromatic rings. The van der Waals surface area contributed by atoms with Gasteiger partial charge in [-0.15, -0.1) is 0 Å². The van der Waals surface area contributed by atoms with Crippen LogP contribution in [0.25, 0.3) is 0 Å². The van der Waals surface area contributed by atoms with Gasteiger partial charge < -0.3 is 9.79 Å². The summed E-state index contributed by atoms with van der Waals surface area (Å²) < 4.78 is 29.8. The van der Waals surface area contributed by atoms with Crippen molar-refractivity contribution in [3.05, 3.63) is 0 Å². The zero-order chi connectivity index (χ0) is 15.3. The average molecular weight is 330 g/mol. The number of phosphoric acid groups is 1. The lowest BCUT2D eigenvalue weighted by molar-refractivity contribution is 0.196. The van der Waals surface area contributed by atoms with E-state index in [4.69, 9.17) is 9.79 Å². The largest absolute Gasteiger partial charge is 0.479 e. The molecule has 0 aliphatic rings. The second-order valence-electron chi connectivity index (χ2n) is 4.84. The van der Waals surface area contributed by atoms with E-state index in [0.29, 0.717) is 6.42 Å². The summed E-state index contributed by atoms with van der Waals surface area (Å²) in [6.45, 7) is 2.27. The van der Waals surface area contributed by atoms with Crippen LogP contribution in [0.15, 0.2) is 0 Å². The molecule has 0 bridgehead atoms. The first-order valence-electron chi connectivity index (χ1n) is 7.38. The Morgan fingerprint density at radius 2 is 1.40 bits per heavy atom. The molecule has 0 heterocycles. The van der Waals surface area contributed by atoms with E-state index in [1.165, 1.54) is 44.9 Å². The molecule has 0 saturated heterocycles. The minimum absolute atomic E-state index is 0.0689. The molecule has 20 heavy (non-hydrogen) atoms. The highest BCUT2D eigenvalue weighted by atomic mass is 31.2. The summed E-state index contributed by atoms with van der Waals surface area (Å²) in [5.41, 5.74) is 0. The summed E-state index contributed by atoms with van der Waals surface area (Å²) in [5, 5.41) is 0. The van der Waals surface area contributed by atoms with Gasteiger partial charge in [0.05, 0.1) is 6.61 Å². The van der Waals surface area contributed by atoms with Crippen molar-refractivity contribution in [1.29, 1.82) is 0 Å². The van der Waals surface area contributed by atoms with Gasteiger partial charge in [-0.2, -0.15) is 0 Å². The van der Waals surface area contributed by atoms with Gasteiger partial charge in [0.2, 0.25) is 0 Å². The van der Waals surface area contributed by atoms with Crippen LogP contribution < -0.4 is 0 Å². The van der Waals surface area contributed by atoms with Crippen LogP contribution in [-0.4, -0.2) is 16.4 Å². The predicted molar refractivity (Wildman–Crippen MR) is 79.9 cm³/mol. The molecule has 0 aliphatic carbocycles. The van der Waals surface area contributed by atoms with Crippen molar-refractivity contribution in [1.82, 2.24) is 0 Å². The maximum Gasteiger partial charge on any atom is 0.479 e. The van der Waals surface area contributed by atoms with Crippen molar-refractivity contribution in [2.75, 3.05) is 6.61 Å². The van der Waals surface area contributed by atoms with Crippen LogP contribution in [0.3, 0.4) is 0 Å². The first-order valence-corrected chi connectivity index (χ1v) is 10.1. The van der Waals surface area contributed by atoms with Gasteiger partial charge >= 0.3 is 16.1 Å². The van der Waals surface area contributed by atoms with E-state index in [-0.39, 0.29) is 6.61 Å². The smallest absolute Gasteiger partial charge is 0.326 e. The quantitative estimate of drug-likeness (QED) is 0.362. The first kappa shape index (κ1) is 20.3. The molecule has 0 spiro atoms. The summed E-state index contributed by atoms with van der Waals surface area (Å²) in [6.07, 6.45) is 11.5. The Morgan fingerprint density at radius 3 is 1.85 bits per heavy atom. The van der Waals surface area contributed by atoms with Crippen LogP contribution in [0.4, 0.5) is 0 Å². The summed E-state index contributed by atoms with van der Waals surface area (Å²) in [4.78, 5) is 17.4. The molecule has 0 aliphatic heterocycles. The van der Waals surface area contributed by atoms with E-state index in [1.807, 2.05) is 0 Å². The molecule has 2 N–H and O–H groups in total. The third kappa shape index (κ3) is 14.7. The second kappa shape index (κ2) is 13.0. The molecule has 122 valence electrons. The Kier molecular flexibility index (Phi) is 13.2. The molecule has 0 fully saturated rings. The molecule has 8 heteroatoms. The average Bonchev–Trinajstić information content (AvgIpc) is 2.34. The van der Waals surface area contributed by atoms with E-state index in [2.05, 4.69) is 15.8 Å². The van der Waals surface area contributed by atoms with Crippen LogP contribution >= 0.6 is 16.1 Å². The third-order valence-electron chi connectivity index (χ3n) is 2.95. The van der Waals surface area contributed by atoms with E-state index in [0.717, 1.165) is 12.8 Å². The van der Waals surface area contributed by atoms with Gasteiger partial charge in [0.25, 0.3) is 0 Å². The Morgan fingerprint density at radius 1 is 0.950 bits per heavy atom. The maximum absolute atomic E-state index is 11.1. The van der Waals surface area contributed by atoms with Crippen LogP contribution in [0, 0.1) is 0 Å². The van der Waals surface area contributed by atoms with Crippen LogP contribution in [0.2, 0.25) is 0 Å². The Bertz CT molecular complexity index is 298. The monoisotopic (exact) mass is 330 g/mol. The summed E-state index contributed by atoms with van der Waals surface area (Å²) in [6, 6.07) is 0. The lowest BCUT2D eigenvalue weighted by Crippen LogP contribution is -1.94. The Labute approximate surface area is 122 Å². The zero-order valence-corrected chi connectivity index (χ0v) is 14.1. The molecule has 0 aromatic carbocycles. The summed E-state index contributed by atoms with van der Waals surface area (Å²) >= 11 is 0. The topological polar surface area (TPSA) is 93.1 Å². The molecule has 6 nitrogen and oxygen atoms in total. The predicted octanol–water partition coefficient (Wildman–Crippen LogP) is 4.42. The van der Waals surface area contributed by atoms with Crippen molar-refractivity contribution in [2.24, 2.45) is 0 Å². The molecule has 2 atom stereocenters. The fourth-order valence-corrected chi connectivity index (χ4v) is 3.25. The number of unbranched alkanes of at least 4 members (excludes halogenated alkanes) is 9. The van der Waals surface area contributed by atoms with Crippen molar-refractivity contribution in [3.63, 3.8) is 0 Å². The molecule has 0 rings (SSSR count). The first-order chi connectivity index (χ1) is 9.48. The Balaban J connectivity index is 3.28. The van der Waals surface area contributed by atoms with Crippen molar-refractivity contribution in [2.45, 2.75) is 71.1 Å². The summed E-state index contributed by atoms with van der Waals surface area (Å²) in [5.74, 6) is 0. The van der Waals surface area contributed by atoms with E-state index < -0.39 is 16.1 Å². The molecular formula is C12H28O6P2. The highest BCUT2D eigenvalue weighted by Crippen LogP contribution is 2.50. The number of hydrogen-bond donors (Lipinski definition) is 2. The van der Waals surface area contributed by atoms with Gasteiger partial charge in [-0.1, -0.05) is 64.7 Å². The zero-order valence-electron chi connectivity index (χ0n) is 12.3. The van der Waals surface area contributed by atoms with Crippen LogP contribution in [0.1, 0.15) is 71.1 Å². The van der Waals surface area contributed by atoms with E-state index >= 15 is 0 Å². The second-order valence-corrected chi connectivity index (χ2v) is 7.30. The van der Waals surface area contributed by atoms with Crippen LogP contribution in [-0.2, 0) is 18.0 Å². The minimum Gasteiger partial charge on any atom is -0.326 e. The Hall–Kier alpha value is 0.300. The molecule has 0 saturated carbocycles. The lowest BCUT2D eigenvalue weighted by atomic mass is 10.1. The molecular weight excluding hydrogens is 302 g/mol. The van der Waals surface area contributed by atoms with E-state index in [9.17, 15) is 9.13 Å². The number of rotatable bonds is 14. The van der Waals surface area contributed by atoms with Crippen molar-refractivity contribution < 1.29 is 27.8 Å². The SMILES string of the molecule is CCCCCCCCCCCCOP(=O)(O)O[PH](=O)O. The lowest BCUT2D eigenvalue weighted by Gasteiger charge is -2.09. The standard InChI is InChI=1S/C12H28O6P2/c1-2-3-4-5-6-7-8-9-10-11-12-17-20(15,16)18-19(13)14/h19H,2-12H2,1H3,(H,13,14)(H,15,16). The summed E-state index contributed by atoms with van der Waals surface area (Å²) in [7, 11) is -7.79. The van der Waals surface area contributed by atoms with E-state index in [1.54, 1.807) is 0 Å². The number of hydrogen-bond acceptors (Lipinski definition) is 4. The van der Waals surface area contributed by atoms with Gasteiger partial charge in [0, 0.05) is 0 Å². The van der Waals surface area contributed by atoms with Crippen molar-refractivity contribution >= 4 is 16.1 Å². The van der Waals surface area contributed by atoms with Gasteiger partial charge in [-0.3, -0.25) is 9.09 Å². The highest BCUT2D eigenvalue weighted by molar-refractivity contribution is 7.55. The van der Waals surface area contributed by atoms with Crippen molar-refractivity contribution in [3.8, 4) is 0 Å². The molecule has 0 radical (unpaired) electrons. The molecule has 2 unspecified atom stereocenters. The minimum atomic E-state index is -4.34. The fraction of sp³-hybridized carbons (Fsp3) is 1.00. The van der Waals surface area contributed by atoms with Gasteiger partial charge in [-0.05, 0) is 6.42 Å². The fourth-order valence-electron chi connectivity index (χ4n) is 1.89. The molecule has 0 aromatic heterocycles. The van der Waals surface area contributed by atoms with Crippen LogP contribution in [0.5, 0.6) is 0 Å². The maximum atomic E-state index is 11.1. The highest BCUT2D eigenvalue weighted by Gasteiger charge is 2.22. The third-order valence-corrected chi connectivity index (χ3v) is 5.00. The van der Waals surface area contributed by atoms with Gasteiger partial charge in [0.15, 0.2) is 0 Å². The van der Waals surface area contributed by atoms with Gasteiger partial charge in [-0.25, -0.2) is 8.88 Å².